The van der Waals surface area contributed by atoms with E-state index >= 15 is 0 Å². The van der Waals surface area contributed by atoms with Crippen molar-refractivity contribution in [1.82, 2.24) is 9.80 Å². The Morgan fingerprint density at radius 3 is 2.74 bits per heavy atom. The van der Waals surface area contributed by atoms with Gasteiger partial charge in [-0.2, -0.15) is 0 Å². The van der Waals surface area contributed by atoms with Crippen LogP contribution in [0.1, 0.15) is 24.4 Å². The first-order valence-corrected chi connectivity index (χ1v) is 7.01. The third kappa shape index (κ3) is 2.51. The average Bonchev–Trinajstić information content (AvgIpc) is 2.87. The summed E-state index contributed by atoms with van der Waals surface area (Å²) in [5.74, 6) is -0.738. The fourth-order valence-corrected chi connectivity index (χ4v) is 3.39. The molecule has 4 heteroatoms. The molecule has 0 saturated carbocycles. The Kier molecular flexibility index (Phi) is 3.53. The Morgan fingerprint density at radius 2 is 2.00 bits per heavy atom. The zero-order valence-corrected chi connectivity index (χ0v) is 11.0. The lowest BCUT2D eigenvalue weighted by atomic mass is 10.0. The fraction of sp³-hybridized carbons (Fsp3) is 0.533. The van der Waals surface area contributed by atoms with Crippen molar-refractivity contribution in [1.29, 1.82) is 0 Å². The van der Waals surface area contributed by atoms with Gasteiger partial charge in [0.05, 0.1) is 0 Å². The van der Waals surface area contributed by atoms with E-state index < -0.39 is 12.0 Å². The van der Waals surface area contributed by atoms with Crippen molar-refractivity contribution in [2.75, 3.05) is 26.2 Å². The molecule has 0 aliphatic carbocycles. The van der Waals surface area contributed by atoms with E-state index in [-0.39, 0.29) is 0 Å². The molecule has 2 aliphatic rings. The lowest BCUT2D eigenvalue weighted by Gasteiger charge is -2.40. The standard InChI is InChI=1S/C15H20N2O2/c18-15(19)14(12-5-2-1-3-6-12)17-10-9-16-8-4-7-13(16)11-17/h1-3,5-6,13-14H,4,7-11H2,(H,18,19). The molecular formula is C15H20N2O2. The number of nitrogens with zero attached hydrogens (tertiary/aromatic N) is 2. The van der Waals surface area contributed by atoms with Gasteiger partial charge in [-0.3, -0.25) is 14.6 Å². The summed E-state index contributed by atoms with van der Waals surface area (Å²) in [5.41, 5.74) is 0.890. The van der Waals surface area contributed by atoms with Gasteiger partial charge < -0.3 is 5.11 Å². The number of fused-ring (bicyclic) bond motifs is 1. The quantitative estimate of drug-likeness (QED) is 0.896. The predicted octanol–water partition coefficient (Wildman–Crippen LogP) is 1.59. The summed E-state index contributed by atoms with van der Waals surface area (Å²) in [4.78, 5) is 16.3. The van der Waals surface area contributed by atoms with Crippen molar-refractivity contribution in [3.05, 3.63) is 35.9 Å². The molecule has 0 aromatic heterocycles. The first-order valence-electron chi connectivity index (χ1n) is 7.01. The fourth-order valence-electron chi connectivity index (χ4n) is 3.39. The molecule has 1 aromatic carbocycles. The smallest absolute Gasteiger partial charge is 0.325 e. The van der Waals surface area contributed by atoms with Crippen molar-refractivity contribution in [3.8, 4) is 0 Å². The minimum atomic E-state index is -0.738. The molecule has 2 saturated heterocycles. The largest absolute Gasteiger partial charge is 0.480 e. The maximum Gasteiger partial charge on any atom is 0.325 e. The molecule has 4 nitrogen and oxygen atoms in total. The van der Waals surface area contributed by atoms with E-state index in [4.69, 9.17) is 0 Å². The first-order chi connectivity index (χ1) is 9.25. The second kappa shape index (κ2) is 5.31. The molecule has 0 spiro atoms. The Bertz CT molecular complexity index is 449. The molecule has 1 aromatic rings. The minimum Gasteiger partial charge on any atom is -0.480 e. The maximum atomic E-state index is 11.6. The van der Waals surface area contributed by atoms with Crippen LogP contribution in [0.15, 0.2) is 30.3 Å². The van der Waals surface area contributed by atoms with Gasteiger partial charge in [-0.15, -0.1) is 0 Å². The average molecular weight is 260 g/mol. The summed E-state index contributed by atoms with van der Waals surface area (Å²) in [6, 6.07) is 9.65. The summed E-state index contributed by atoms with van der Waals surface area (Å²) in [6.45, 7) is 3.91. The highest BCUT2D eigenvalue weighted by atomic mass is 16.4. The SMILES string of the molecule is O=C(O)C(c1ccccc1)N1CCN2CCCC2C1. The molecule has 19 heavy (non-hydrogen) atoms. The summed E-state index contributed by atoms with van der Waals surface area (Å²) in [7, 11) is 0. The number of carboxylic acids is 1. The van der Waals surface area contributed by atoms with Gasteiger partial charge in [0.2, 0.25) is 0 Å². The zero-order chi connectivity index (χ0) is 13.2. The molecule has 0 amide bonds. The topological polar surface area (TPSA) is 43.8 Å². The Hall–Kier alpha value is -1.39. The van der Waals surface area contributed by atoms with E-state index in [1.807, 2.05) is 30.3 Å². The highest BCUT2D eigenvalue weighted by Gasteiger charge is 2.36. The second-order valence-electron chi connectivity index (χ2n) is 5.48. The van der Waals surface area contributed by atoms with Gasteiger partial charge >= 0.3 is 5.97 Å². The monoisotopic (exact) mass is 260 g/mol. The molecular weight excluding hydrogens is 240 g/mol. The van der Waals surface area contributed by atoms with Gasteiger partial charge in [-0.05, 0) is 24.9 Å². The van der Waals surface area contributed by atoms with E-state index in [0.29, 0.717) is 6.04 Å². The number of benzene rings is 1. The van der Waals surface area contributed by atoms with Gasteiger partial charge in [0.25, 0.3) is 0 Å². The molecule has 2 heterocycles. The summed E-state index contributed by atoms with van der Waals surface area (Å²) in [6.07, 6.45) is 2.46. The first kappa shape index (κ1) is 12.6. The van der Waals surface area contributed by atoms with Crippen LogP contribution in [0, 0.1) is 0 Å². The number of aliphatic carboxylic acids is 1. The van der Waals surface area contributed by atoms with E-state index in [1.165, 1.54) is 19.4 Å². The molecule has 102 valence electrons. The number of piperazine rings is 1. The lowest BCUT2D eigenvalue weighted by Crippen LogP contribution is -2.52. The molecule has 2 aliphatic heterocycles. The molecule has 3 rings (SSSR count). The summed E-state index contributed by atoms with van der Waals surface area (Å²) >= 11 is 0. The number of rotatable bonds is 3. The Labute approximate surface area is 113 Å². The van der Waals surface area contributed by atoms with Crippen LogP contribution in [0.2, 0.25) is 0 Å². The van der Waals surface area contributed by atoms with Crippen LogP contribution in [0.5, 0.6) is 0 Å². The number of hydrogen-bond donors (Lipinski definition) is 1. The Morgan fingerprint density at radius 1 is 1.21 bits per heavy atom. The van der Waals surface area contributed by atoms with Crippen LogP contribution in [0.3, 0.4) is 0 Å². The van der Waals surface area contributed by atoms with E-state index in [1.54, 1.807) is 0 Å². The minimum absolute atomic E-state index is 0.496. The van der Waals surface area contributed by atoms with Crippen molar-refractivity contribution >= 4 is 5.97 Å². The molecule has 0 radical (unpaired) electrons. The van der Waals surface area contributed by atoms with Crippen molar-refractivity contribution < 1.29 is 9.90 Å². The van der Waals surface area contributed by atoms with Crippen molar-refractivity contribution in [2.24, 2.45) is 0 Å². The summed E-state index contributed by atoms with van der Waals surface area (Å²) < 4.78 is 0. The van der Waals surface area contributed by atoms with Gasteiger partial charge in [-0.1, -0.05) is 30.3 Å². The molecule has 2 atom stereocenters. The normalized spacial score (nSPS) is 26.0. The zero-order valence-electron chi connectivity index (χ0n) is 11.0. The lowest BCUT2D eigenvalue weighted by molar-refractivity contribution is -0.144. The number of hydrogen-bond acceptors (Lipinski definition) is 3. The third-order valence-electron chi connectivity index (χ3n) is 4.33. The third-order valence-corrected chi connectivity index (χ3v) is 4.33. The van der Waals surface area contributed by atoms with E-state index in [2.05, 4.69) is 9.80 Å². The predicted molar refractivity (Wildman–Crippen MR) is 73.0 cm³/mol. The van der Waals surface area contributed by atoms with Crippen LogP contribution < -0.4 is 0 Å². The molecule has 0 bridgehead atoms. The number of carboxylic acid groups (broad SMARTS) is 1. The van der Waals surface area contributed by atoms with Crippen LogP contribution in [-0.2, 0) is 4.79 Å². The van der Waals surface area contributed by atoms with Crippen LogP contribution in [0.4, 0.5) is 0 Å². The van der Waals surface area contributed by atoms with Crippen LogP contribution in [0.25, 0.3) is 0 Å². The molecule has 2 fully saturated rings. The molecule has 2 unspecified atom stereocenters. The van der Waals surface area contributed by atoms with Crippen molar-refractivity contribution in [2.45, 2.75) is 24.9 Å². The van der Waals surface area contributed by atoms with Gasteiger partial charge in [0.15, 0.2) is 0 Å². The highest BCUT2D eigenvalue weighted by molar-refractivity contribution is 5.75. The van der Waals surface area contributed by atoms with Crippen LogP contribution in [-0.4, -0.2) is 53.1 Å². The maximum absolute atomic E-state index is 11.6. The summed E-state index contributed by atoms with van der Waals surface area (Å²) in [5, 5.41) is 9.56. The van der Waals surface area contributed by atoms with E-state index in [9.17, 15) is 9.90 Å². The van der Waals surface area contributed by atoms with Gasteiger partial charge in [-0.25, -0.2) is 0 Å². The van der Waals surface area contributed by atoms with Gasteiger partial charge in [0.1, 0.15) is 6.04 Å². The Balaban J connectivity index is 1.79. The number of carbonyl (C=O) groups is 1. The van der Waals surface area contributed by atoms with E-state index in [0.717, 1.165) is 25.2 Å². The van der Waals surface area contributed by atoms with Crippen molar-refractivity contribution in [3.63, 3.8) is 0 Å². The molecule has 1 N–H and O–H groups in total. The highest BCUT2D eigenvalue weighted by Crippen LogP contribution is 2.28. The van der Waals surface area contributed by atoms with Gasteiger partial charge in [0, 0.05) is 25.7 Å². The second-order valence-corrected chi connectivity index (χ2v) is 5.48. The van der Waals surface area contributed by atoms with Crippen LogP contribution >= 0.6 is 0 Å².